The molecule has 0 fully saturated rings. The lowest BCUT2D eigenvalue weighted by Crippen LogP contribution is -2.17. The van der Waals surface area contributed by atoms with Crippen molar-refractivity contribution in [1.82, 2.24) is 9.78 Å². The van der Waals surface area contributed by atoms with E-state index in [2.05, 4.69) is 5.10 Å². The Labute approximate surface area is 119 Å². The summed E-state index contributed by atoms with van der Waals surface area (Å²) in [6.07, 6.45) is 0. The molecular formula is C10H10N2O7S2. The van der Waals surface area contributed by atoms with Crippen molar-refractivity contribution < 1.29 is 25.9 Å². The lowest BCUT2D eigenvalue weighted by atomic mass is 10.3. The standard InChI is InChI=1S/C10H10N2O7S2/c1-6-4-10(13)12(11-6)8-3-2-7(20(14,15)16)5-9(8)21(17,18)19/h2-5,11H,1H3,(H,14,15,16)(H,17,18,19). The summed E-state index contributed by atoms with van der Waals surface area (Å²) in [5, 5.41) is 2.55. The number of benzene rings is 1. The molecule has 9 nitrogen and oxygen atoms in total. The van der Waals surface area contributed by atoms with Gasteiger partial charge in [-0.25, -0.2) is 4.68 Å². The Bertz CT molecular complexity index is 967. The molecule has 0 bridgehead atoms. The second-order valence-corrected chi connectivity index (χ2v) is 7.00. The third-order valence-electron chi connectivity index (χ3n) is 2.60. The molecule has 114 valence electrons. The minimum Gasteiger partial charge on any atom is -0.295 e. The zero-order valence-electron chi connectivity index (χ0n) is 10.5. The summed E-state index contributed by atoms with van der Waals surface area (Å²) in [6.45, 7) is 1.55. The highest BCUT2D eigenvalue weighted by molar-refractivity contribution is 7.86. The minimum atomic E-state index is -4.83. The number of aryl methyl sites for hydroxylation is 1. The fourth-order valence-electron chi connectivity index (χ4n) is 1.74. The number of hydrogen-bond donors (Lipinski definition) is 3. The summed E-state index contributed by atoms with van der Waals surface area (Å²) >= 11 is 0. The van der Waals surface area contributed by atoms with E-state index < -0.39 is 35.6 Å². The van der Waals surface area contributed by atoms with E-state index in [0.717, 1.165) is 16.8 Å². The number of H-pyrrole nitrogens is 1. The number of nitrogens with zero attached hydrogens (tertiary/aromatic N) is 1. The van der Waals surface area contributed by atoms with Crippen LogP contribution in [0, 0.1) is 6.92 Å². The van der Waals surface area contributed by atoms with Crippen molar-refractivity contribution in [2.24, 2.45) is 0 Å². The Kier molecular flexibility index (Phi) is 3.53. The second kappa shape index (κ2) is 4.80. The molecule has 21 heavy (non-hydrogen) atoms. The van der Waals surface area contributed by atoms with Crippen LogP contribution in [0.1, 0.15) is 5.69 Å². The molecule has 0 saturated carbocycles. The van der Waals surface area contributed by atoms with E-state index >= 15 is 0 Å². The Hall–Kier alpha value is -1.95. The van der Waals surface area contributed by atoms with Crippen molar-refractivity contribution in [1.29, 1.82) is 0 Å². The van der Waals surface area contributed by atoms with Gasteiger partial charge in [0.15, 0.2) is 0 Å². The summed E-state index contributed by atoms with van der Waals surface area (Å²) in [5.41, 5.74) is -0.444. The van der Waals surface area contributed by atoms with Gasteiger partial charge in [-0.2, -0.15) is 16.8 Å². The van der Waals surface area contributed by atoms with Gasteiger partial charge in [-0.15, -0.1) is 0 Å². The number of nitrogens with one attached hydrogen (secondary N) is 1. The maximum Gasteiger partial charge on any atom is 0.296 e. The average molecular weight is 334 g/mol. The van der Waals surface area contributed by atoms with E-state index in [1.54, 1.807) is 6.92 Å². The van der Waals surface area contributed by atoms with Crippen LogP contribution < -0.4 is 5.56 Å². The van der Waals surface area contributed by atoms with Crippen LogP contribution in [0.3, 0.4) is 0 Å². The molecule has 0 saturated heterocycles. The normalized spacial score (nSPS) is 12.5. The molecule has 1 aromatic heterocycles. The highest BCUT2D eigenvalue weighted by Gasteiger charge is 2.22. The van der Waals surface area contributed by atoms with Gasteiger partial charge in [0.25, 0.3) is 25.8 Å². The van der Waals surface area contributed by atoms with Crippen molar-refractivity contribution in [3.63, 3.8) is 0 Å². The lowest BCUT2D eigenvalue weighted by Gasteiger charge is -2.09. The molecule has 0 atom stereocenters. The third kappa shape index (κ3) is 3.05. The van der Waals surface area contributed by atoms with Crippen molar-refractivity contribution in [3.05, 3.63) is 40.3 Å². The van der Waals surface area contributed by atoms with Gasteiger partial charge in [-0.3, -0.25) is 19.0 Å². The predicted molar refractivity (Wildman–Crippen MR) is 70.8 cm³/mol. The van der Waals surface area contributed by atoms with Gasteiger partial charge in [0, 0.05) is 11.8 Å². The van der Waals surface area contributed by atoms with Crippen LogP contribution in [-0.4, -0.2) is 35.7 Å². The van der Waals surface area contributed by atoms with Gasteiger partial charge < -0.3 is 0 Å². The smallest absolute Gasteiger partial charge is 0.295 e. The van der Waals surface area contributed by atoms with Crippen LogP contribution in [0.15, 0.2) is 38.9 Å². The van der Waals surface area contributed by atoms with E-state index in [-0.39, 0.29) is 5.69 Å². The van der Waals surface area contributed by atoms with Gasteiger partial charge in [0.05, 0.1) is 10.6 Å². The molecule has 3 N–H and O–H groups in total. The van der Waals surface area contributed by atoms with Crippen LogP contribution in [0.5, 0.6) is 0 Å². The van der Waals surface area contributed by atoms with Crippen molar-refractivity contribution >= 4 is 20.2 Å². The van der Waals surface area contributed by atoms with Crippen molar-refractivity contribution in [2.45, 2.75) is 16.7 Å². The molecule has 0 aliphatic rings. The van der Waals surface area contributed by atoms with Gasteiger partial charge >= 0.3 is 0 Å². The topological polar surface area (TPSA) is 147 Å². The molecule has 0 spiro atoms. The molecule has 0 radical (unpaired) electrons. The summed E-state index contributed by atoms with van der Waals surface area (Å²) in [6, 6.07) is 3.62. The first-order chi connectivity index (χ1) is 9.50. The number of rotatable bonds is 3. The zero-order valence-corrected chi connectivity index (χ0v) is 12.1. The van der Waals surface area contributed by atoms with E-state index in [1.807, 2.05) is 0 Å². The van der Waals surface area contributed by atoms with E-state index in [4.69, 9.17) is 4.55 Å². The molecule has 2 rings (SSSR count). The highest BCUT2D eigenvalue weighted by atomic mass is 32.2. The Morgan fingerprint density at radius 2 is 1.67 bits per heavy atom. The molecular weight excluding hydrogens is 324 g/mol. The fourth-order valence-corrected chi connectivity index (χ4v) is 3.02. The molecule has 2 aromatic rings. The van der Waals surface area contributed by atoms with E-state index in [0.29, 0.717) is 11.8 Å². The number of aromatic nitrogens is 2. The van der Waals surface area contributed by atoms with Crippen LogP contribution in [0.25, 0.3) is 5.69 Å². The van der Waals surface area contributed by atoms with Gasteiger partial charge in [0.1, 0.15) is 4.90 Å². The Balaban J connectivity index is 2.85. The highest BCUT2D eigenvalue weighted by Crippen LogP contribution is 2.22. The third-order valence-corrected chi connectivity index (χ3v) is 4.33. The molecule has 0 aliphatic carbocycles. The number of hydrogen-bond acceptors (Lipinski definition) is 5. The minimum absolute atomic E-state index is 0.275. The summed E-state index contributed by atoms with van der Waals surface area (Å²) < 4.78 is 63.7. The average Bonchev–Trinajstić information content (AvgIpc) is 2.65. The molecule has 0 aliphatic heterocycles. The summed E-state index contributed by atoms with van der Waals surface area (Å²) in [5.74, 6) is 0. The predicted octanol–water partition coefficient (Wildman–Crippen LogP) is -0.0326. The van der Waals surface area contributed by atoms with Crippen LogP contribution in [0.2, 0.25) is 0 Å². The first-order valence-electron chi connectivity index (χ1n) is 5.38. The molecule has 0 unspecified atom stereocenters. The maximum absolute atomic E-state index is 11.7. The van der Waals surface area contributed by atoms with Crippen molar-refractivity contribution in [3.8, 4) is 5.69 Å². The largest absolute Gasteiger partial charge is 0.296 e. The SMILES string of the molecule is Cc1cc(=O)n(-c2ccc(S(=O)(=O)O)cc2S(=O)(=O)O)[nH]1. The first kappa shape index (κ1) is 15.4. The van der Waals surface area contributed by atoms with Crippen molar-refractivity contribution in [2.75, 3.05) is 0 Å². The summed E-state index contributed by atoms with van der Waals surface area (Å²) in [4.78, 5) is 10.1. The molecule has 1 aromatic carbocycles. The summed E-state index contributed by atoms with van der Waals surface area (Å²) in [7, 11) is -9.49. The molecule has 0 amide bonds. The van der Waals surface area contributed by atoms with E-state index in [9.17, 15) is 26.2 Å². The fraction of sp³-hybridized carbons (Fsp3) is 0.100. The molecule has 1 heterocycles. The van der Waals surface area contributed by atoms with Gasteiger partial charge in [0.2, 0.25) is 0 Å². The quantitative estimate of drug-likeness (QED) is 0.668. The van der Waals surface area contributed by atoms with Crippen LogP contribution >= 0.6 is 0 Å². The van der Waals surface area contributed by atoms with Crippen LogP contribution in [-0.2, 0) is 20.2 Å². The molecule has 11 heteroatoms. The first-order valence-corrected chi connectivity index (χ1v) is 8.26. The van der Waals surface area contributed by atoms with Gasteiger partial charge in [-0.05, 0) is 25.1 Å². The van der Waals surface area contributed by atoms with Gasteiger partial charge in [-0.1, -0.05) is 0 Å². The van der Waals surface area contributed by atoms with E-state index in [1.165, 1.54) is 6.07 Å². The maximum atomic E-state index is 11.7. The number of aromatic amines is 1. The Morgan fingerprint density at radius 1 is 1.05 bits per heavy atom. The van der Waals surface area contributed by atoms with Crippen LogP contribution in [0.4, 0.5) is 0 Å². The lowest BCUT2D eigenvalue weighted by molar-refractivity contribution is 0.480. The monoisotopic (exact) mass is 334 g/mol. The zero-order chi connectivity index (χ0) is 16.0. The second-order valence-electron chi connectivity index (χ2n) is 4.19. The Morgan fingerprint density at radius 3 is 2.10 bits per heavy atom.